The lowest BCUT2D eigenvalue weighted by atomic mass is 10.4. The summed E-state index contributed by atoms with van der Waals surface area (Å²) in [6.45, 7) is 3.01. The van der Waals surface area contributed by atoms with Crippen LogP contribution < -0.4 is 5.32 Å². The van der Waals surface area contributed by atoms with Crippen molar-refractivity contribution in [3.05, 3.63) is 33.6 Å². The maximum atomic E-state index is 12.5. The summed E-state index contributed by atoms with van der Waals surface area (Å²) in [6.07, 6.45) is 1.73. The minimum absolute atomic E-state index is 0.215. The topological polar surface area (TPSA) is 69.3 Å². The summed E-state index contributed by atoms with van der Waals surface area (Å²) >= 11 is 4.74. The molecule has 0 fully saturated rings. The van der Waals surface area contributed by atoms with Crippen LogP contribution in [0, 0.1) is 6.92 Å². The first kappa shape index (κ1) is 15.3. The fourth-order valence-electron chi connectivity index (χ4n) is 2.20. The predicted octanol–water partition coefficient (Wildman–Crippen LogP) is 3.66. The molecule has 0 unspecified atom stereocenters. The van der Waals surface area contributed by atoms with E-state index in [4.69, 9.17) is 9.15 Å². The van der Waals surface area contributed by atoms with Crippen molar-refractivity contribution in [2.75, 3.05) is 19.0 Å². The molecule has 8 heteroatoms. The van der Waals surface area contributed by atoms with E-state index in [1.807, 2.05) is 17.6 Å². The minimum atomic E-state index is -0.215. The third-order valence-corrected chi connectivity index (χ3v) is 4.37. The van der Waals surface area contributed by atoms with E-state index in [0.29, 0.717) is 34.2 Å². The van der Waals surface area contributed by atoms with Gasteiger partial charge in [0, 0.05) is 36.9 Å². The fraction of sp³-hybridized carbons (Fsp3) is 0.286. The van der Waals surface area contributed by atoms with Gasteiger partial charge in [-0.15, -0.1) is 11.3 Å². The van der Waals surface area contributed by atoms with E-state index in [0.717, 1.165) is 10.4 Å². The van der Waals surface area contributed by atoms with Crippen LogP contribution in [0.25, 0.3) is 11.1 Å². The van der Waals surface area contributed by atoms with Gasteiger partial charge in [-0.25, -0.2) is 4.98 Å². The number of methoxy groups -OCH3 is 1. The number of amides is 1. The van der Waals surface area contributed by atoms with Gasteiger partial charge < -0.3 is 13.7 Å². The molecule has 116 valence electrons. The van der Waals surface area contributed by atoms with Gasteiger partial charge in [-0.05, 0) is 22.9 Å². The molecule has 3 aromatic rings. The summed E-state index contributed by atoms with van der Waals surface area (Å²) < 4.78 is 13.2. The Kier molecular flexibility index (Phi) is 4.32. The number of halogens is 1. The number of hydrogen-bond donors (Lipinski definition) is 1. The first-order valence-electron chi connectivity index (χ1n) is 6.60. The molecule has 0 saturated heterocycles. The maximum Gasteiger partial charge on any atom is 0.274 e. The molecule has 0 saturated carbocycles. The highest BCUT2D eigenvalue weighted by Gasteiger charge is 2.19. The molecule has 1 N–H and O–H groups in total. The molecule has 3 heterocycles. The highest BCUT2D eigenvalue weighted by molar-refractivity contribution is 9.10. The van der Waals surface area contributed by atoms with E-state index in [1.165, 1.54) is 11.3 Å². The lowest BCUT2D eigenvalue weighted by Crippen LogP contribution is -2.18. The predicted molar refractivity (Wildman–Crippen MR) is 88.6 cm³/mol. The number of aromatic nitrogens is 2. The molecule has 3 aromatic heterocycles. The van der Waals surface area contributed by atoms with Gasteiger partial charge in [0.25, 0.3) is 5.91 Å². The van der Waals surface area contributed by atoms with Crippen LogP contribution >= 0.6 is 27.3 Å². The number of rotatable bonds is 5. The second kappa shape index (κ2) is 6.23. The normalized spacial score (nSPS) is 11.2. The molecule has 0 atom stereocenters. The number of anilines is 1. The first-order chi connectivity index (χ1) is 10.6. The van der Waals surface area contributed by atoms with Crippen molar-refractivity contribution in [1.82, 2.24) is 9.55 Å². The van der Waals surface area contributed by atoms with Crippen LogP contribution in [0.3, 0.4) is 0 Å². The van der Waals surface area contributed by atoms with E-state index in [1.54, 1.807) is 19.4 Å². The Morgan fingerprint density at radius 1 is 1.55 bits per heavy atom. The lowest BCUT2D eigenvalue weighted by molar-refractivity contribution is 0.101. The molecule has 0 aromatic carbocycles. The molecule has 0 spiro atoms. The van der Waals surface area contributed by atoms with Crippen LogP contribution in [-0.4, -0.2) is 29.2 Å². The van der Waals surface area contributed by atoms with E-state index in [9.17, 15) is 4.79 Å². The molecule has 6 nitrogen and oxygen atoms in total. The monoisotopic (exact) mass is 383 g/mol. The largest absolute Gasteiger partial charge is 0.448 e. The standard InChI is InChI=1S/C14H14BrN3O3S/c1-8-7-16-14(22-8)17-13(19)10-5-11-9(6-12(15)21-11)18(10)3-4-20-2/h5-7H,3-4H2,1-2H3,(H,16,17,19). The number of carbonyl (C=O) groups excluding carboxylic acids is 1. The van der Waals surface area contributed by atoms with Crippen molar-refractivity contribution in [3.8, 4) is 0 Å². The summed E-state index contributed by atoms with van der Waals surface area (Å²) in [6, 6.07) is 3.57. The SMILES string of the molecule is COCCn1c(C(=O)Nc2ncc(C)s2)cc2oc(Br)cc21. The van der Waals surface area contributed by atoms with E-state index >= 15 is 0 Å². The Morgan fingerprint density at radius 2 is 2.36 bits per heavy atom. The molecule has 0 aliphatic rings. The summed E-state index contributed by atoms with van der Waals surface area (Å²) in [4.78, 5) is 17.7. The highest BCUT2D eigenvalue weighted by atomic mass is 79.9. The maximum absolute atomic E-state index is 12.5. The third kappa shape index (κ3) is 2.94. The molecule has 22 heavy (non-hydrogen) atoms. The second-order valence-electron chi connectivity index (χ2n) is 4.70. The van der Waals surface area contributed by atoms with Crippen LogP contribution in [0.5, 0.6) is 0 Å². The number of hydrogen-bond acceptors (Lipinski definition) is 5. The van der Waals surface area contributed by atoms with Crippen molar-refractivity contribution in [3.63, 3.8) is 0 Å². The summed E-state index contributed by atoms with van der Waals surface area (Å²) in [7, 11) is 1.63. The van der Waals surface area contributed by atoms with Gasteiger partial charge in [-0.3, -0.25) is 10.1 Å². The zero-order valence-electron chi connectivity index (χ0n) is 12.1. The quantitative estimate of drug-likeness (QED) is 0.729. The Morgan fingerprint density at radius 3 is 3.05 bits per heavy atom. The average molecular weight is 384 g/mol. The molecular weight excluding hydrogens is 370 g/mol. The fourth-order valence-corrected chi connectivity index (χ4v) is 3.25. The van der Waals surface area contributed by atoms with Crippen LogP contribution in [0.1, 0.15) is 15.4 Å². The van der Waals surface area contributed by atoms with Gasteiger partial charge in [0.1, 0.15) is 5.69 Å². The molecule has 1 amide bonds. The number of aryl methyl sites for hydroxylation is 1. The average Bonchev–Trinajstić information content (AvgIpc) is 3.11. The van der Waals surface area contributed by atoms with Crippen molar-refractivity contribution >= 4 is 49.4 Å². The molecule has 0 aliphatic heterocycles. The Balaban J connectivity index is 1.94. The Hall–Kier alpha value is -1.64. The molecular formula is C14H14BrN3O3S. The molecule has 3 rings (SSSR count). The van der Waals surface area contributed by atoms with Gasteiger partial charge in [-0.2, -0.15) is 0 Å². The van der Waals surface area contributed by atoms with Gasteiger partial charge in [0.15, 0.2) is 15.4 Å². The van der Waals surface area contributed by atoms with E-state index in [-0.39, 0.29) is 5.91 Å². The molecule has 0 aliphatic carbocycles. The Bertz CT molecular complexity index is 821. The zero-order valence-corrected chi connectivity index (χ0v) is 14.5. The number of nitrogens with zero attached hydrogens (tertiary/aromatic N) is 2. The van der Waals surface area contributed by atoms with Gasteiger partial charge in [-0.1, -0.05) is 0 Å². The number of carbonyl (C=O) groups is 1. The number of thiazole rings is 1. The first-order valence-corrected chi connectivity index (χ1v) is 8.20. The van der Waals surface area contributed by atoms with Gasteiger partial charge in [0.05, 0.1) is 12.1 Å². The minimum Gasteiger partial charge on any atom is -0.448 e. The zero-order chi connectivity index (χ0) is 15.7. The van der Waals surface area contributed by atoms with Gasteiger partial charge in [0.2, 0.25) is 0 Å². The smallest absolute Gasteiger partial charge is 0.274 e. The lowest BCUT2D eigenvalue weighted by Gasteiger charge is -2.08. The van der Waals surface area contributed by atoms with E-state index in [2.05, 4.69) is 26.2 Å². The van der Waals surface area contributed by atoms with Crippen molar-refractivity contribution in [2.45, 2.75) is 13.5 Å². The van der Waals surface area contributed by atoms with Crippen molar-refractivity contribution in [1.29, 1.82) is 0 Å². The number of nitrogens with one attached hydrogen (secondary N) is 1. The second-order valence-corrected chi connectivity index (χ2v) is 6.72. The molecule has 0 bridgehead atoms. The number of ether oxygens (including phenoxy) is 1. The van der Waals surface area contributed by atoms with Crippen LogP contribution in [-0.2, 0) is 11.3 Å². The highest BCUT2D eigenvalue weighted by Crippen LogP contribution is 2.28. The van der Waals surface area contributed by atoms with Crippen molar-refractivity contribution < 1.29 is 13.9 Å². The van der Waals surface area contributed by atoms with Crippen LogP contribution in [0.4, 0.5) is 5.13 Å². The Labute approximate surface area is 139 Å². The van der Waals surface area contributed by atoms with Gasteiger partial charge >= 0.3 is 0 Å². The van der Waals surface area contributed by atoms with Crippen LogP contribution in [0.2, 0.25) is 0 Å². The summed E-state index contributed by atoms with van der Waals surface area (Å²) in [5.74, 6) is -0.215. The number of fused-ring (bicyclic) bond motifs is 1. The van der Waals surface area contributed by atoms with Crippen LogP contribution in [0.15, 0.2) is 27.4 Å². The molecule has 0 radical (unpaired) electrons. The summed E-state index contributed by atoms with van der Waals surface area (Å²) in [5, 5.41) is 3.40. The third-order valence-electron chi connectivity index (χ3n) is 3.15. The van der Waals surface area contributed by atoms with Crippen molar-refractivity contribution in [2.24, 2.45) is 0 Å². The van der Waals surface area contributed by atoms with E-state index < -0.39 is 0 Å². The number of furan rings is 1. The summed E-state index contributed by atoms with van der Waals surface area (Å²) in [5.41, 5.74) is 2.03.